The van der Waals surface area contributed by atoms with Crippen molar-refractivity contribution in [2.45, 2.75) is 39.2 Å². The lowest BCUT2D eigenvalue weighted by atomic mass is 9.98. The fraction of sp³-hybridized carbons (Fsp3) is 0.533. The molecule has 1 amide bonds. The van der Waals surface area contributed by atoms with E-state index in [0.717, 1.165) is 36.0 Å². The third-order valence-corrected chi connectivity index (χ3v) is 5.26. The van der Waals surface area contributed by atoms with Crippen molar-refractivity contribution < 1.29 is 4.79 Å². The van der Waals surface area contributed by atoms with Gasteiger partial charge in [0, 0.05) is 18.4 Å². The van der Waals surface area contributed by atoms with Crippen LogP contribution in [0.2, 0.25) is 5.15 Å². The normalized spacial score (nSPS) is 20.0. The van der Waals surface area contributed by atoms with Gasteiger partial charge in [-0.1, -0.05) is 24.9 Å². The van der Waals surface area contributed by atoms with Gasteiger partial charge in [0.25, 0.3) is 0 Å². The summed E-state index contributed by atoms with van der Waals surface area (Å²) in [4.78, 5) is 23.8. The highest BCUT2D eigenvalue weighted by Gasteiger charge is 2.22. The third-order valence-electron chi connectivity index (χ3n) is 4.16. The molecule has 0 aromatic carbocycles. The van der Waals surface area contributed by atoms with Crippen LogP contribution in [0.5, 0.6) is 0 Å². The van der Waals surface area contributed by atoms with Gasteiger partial charge in [-0.2, -0.15) is 0 Å². The van der Waals surface area contributed by atoms with E-state index in [1.54, 1.807) is 11.3 Å². The van der Waals surface area contributed by atoms with E-state index in [1.165, 1.54) is 0 Å². The van der Waals surface area contributed by atoms with Crippen molar-refractivity contribution in [3.05, 3.63) is 22.4 Å². The lowest BCUT2D eigenvalue weighted by Gasteiger charge is -2.20. The summed E-state index contributed by atoms with van der Waals surface area (Å²) in [7, 11) is 0. The summed E-state index contributed by atoms with van der Waals surface area (Å²) in [6.45, 7) is 3.45. The van der Waals surface area contributed by atoms with E-state index in [4.69, 9.17) is 11.6 Å². The van der Waals surface area contributed by atoms with Crippen LogP contribution in [0.15, 0.2) is 11.4 Å². The third kappa shape index (κ3) is 3.19. The van der Waals surface area contributed by atoms with Crippen LogP contribution < -0.4 is 0 Å². The zero-order valence-corrected chi connectivity index (χ0v) is 13.6. The largest absolute Gasteiger partial charge is 0.335 e. The molecule has 1 aliphatic heterocycles. The molecule has 112 valence electrons. The van der Waals surface area contributed by atoms with Crippen molar-refractivity contribution in [2.24, 2.45) is 5.92 Å². The first-order valence-electron chi connectivity index (χ1n) is 7.34. The fourth-order valence-electron chi connectivity index (χ4n) is 2.77. The summed E-state index contributed by atoms with van der Waals surface area (Å²) >= 11 is 7.74. The van der Waals surface area contributed by atoms with Crippen LogP contribution in [0.1, 0.15) is 38.4 Å². The molecule has 1 atom stereocenters. The maximum atomic E-state index is 12.2. The molecule has 4 nitrogen and oxygen atoms in total. The molecule has 1 fully saturated rings. The van der Waals surface area contributed by atoms with E-state index in [9.17, 15) is 4.79 Å². The van der Waals surface area contributed by atoms with Gasteiger partial charge in [0.15, 0.2) is 5.82 Å². The molecule has 2 aromatic heterocycles. The number of thiophene rings is 1. The van der Waals surface area contributed by atoms with Crippen LogP contribution in [-0.2, 0) is 11.3 Å². The van der Waals surface area contributed by atoms with Crippen LogP contribution >= 0.6 is 22.9 Å². The molecule has 0 radical (unpaired) electrons. The molecule has 3 rings (SSSR count). The Bertz CT molecular complexity index is 657. The number of carbonyl (C=O) groups is 1. The number of halogens is 1. The average Bonchev–Trinajstić information content (AvgIpc) is 2.87. The molecule has 0 saturated carbocycles. The molecule has 0 spiro atoms. The molecular formula is C15H18ClN3OS. The van der Waals surface area contributed by atoms with E-state index in [-0.39, 0.29) is 5.91 Å². The summed E-state index contributed by atoms with van der Waals surface area (Å²) in [6, 6.07) is 1.93. The first-order chi connectivity index (χ1) is 10.2. The first-order valence-corrected chi connectivity index (χ1v) is 8.60. The Morgan fingerprint density at radius 3 is 3.10 bits per heavy atom. The Kier molecular flexibility index (Phi) is 4.40. The molecule has 1 unspecified atom stereocenters. The van der Waals surface area contributed by atoms with Crippen molar-refractivity contribution in [3.8, 4) is 0 Å². The lowest BCUT2D eigenvalue weighted by Crippen LogP contribution is -2.30. The summed E-state index contributed by atoms with van der Waals surface area (Å²) in [5, 5.41) is 3.32. The summed E-state index contributed by atoms with van der Waals surface area (Å²) in [5.41, 5.74) is 0. The van der Waals surface area contributed by atoms with Gasteiger partial charge >= 0.3 is 0 Å². The van der Waals surface area contributed by atoms with Gasteiger partial charge in [0.1, 0.15) is 9.98 Å². The number of hydrogen-bond acceptors (Lipinski definition) is 4. The molecule has 1 saturated heterocycles. The minimum atomic E-state index is 0.206. The van der Waals surface area contributed by atoms with Crippen LogP contribution in [-0.4, -0.2) is 27.3 Å². The second kappa shape index (κ2) is 6.28. The quantitative estimate of drug-likeness (QED) is 0.805. The number of likely N-dealkylation sites (tertiary alicyclic amines) is 1. The second-order valence-corrected chi connectivity index (χ2v) is 6.74. The Morgan fingerprint density at radius 1 is 1.43 bits per heavy atom. The smallest absolute Gasteiger partial charge is 0.222 e. The molecule has 1 aliphatic rings. The number of nitrogens with zero attached hydrogens (tertiary/aromatic N) is 3. The zero-order chi connectivity index (χ0) is 14.8. The number of hydrogen-bond donors (Lipinski definition) is 0. The molecule has 0 aliphatic carbocycles. The monoisotopic (exact) mass is 323 g/mol. The van der Waals surface area contributed by atoms with E-state index in [0.29, 0.717) is 29.9 Å². The average molecular weight is 324 g/mol. The SMILES string of the molecule is CCC1CCC(=O)N(Cc2nc(Cl)c3ccsc3n2)CC1. The van der Waals surface area contributed by atoms with Crippen molar-refractivity contribution in [3.63, 3.8) is 0 Å². The molecule has 0 bridgehead atoms. The predicted molar refractivity (Wildman–Crippen MR) is 85.5 cm³/mol. The van der Waals surface area contributed by atoms with Gasteiger partial charge in [0.05, 0.1) is 6.54 Å². The molecule has 2 aromatic rings. The molecule has 3 heterocycles. The molecular weight excluding hydrogens is 306 g/mol. The van der Waals surface area contributed by atoms with Crippen LogP contribution in [0.25, 0.3) is 10.2 Å². The first kappa shape index (κ1) is 14.7. The lowest BCUT2D eigenvalue weighted by molar-refractivity contribution is -0.131. The topological polar surface area (TPSA) is 46.1 Å². The molecule has 6 heteroatoms. The number of rotatable bonds is 3. The Morgan fingerprint density at radius 2 is 2.29 bits per heavy atom. The van der Waals surface area contributed by atoms with Crippen LogP contribution in [0.3, 0.4) is 0 Å². The highest BCUT2D eigenvalue weighted by atomic mass is 35.5. The van der Waals surface area contributed by atoms with Gasteiger partial charge in [0.2, 0.25) is 5.91 Å². The summed E-state index contributed by atoms with van der Waals surface area (Å²) < 4.78 is 0. The number of amides is 1. The zero-order valence-electron chi connectivity index (χ0n) is 12.0. The van der Waals surface area contributed by atoms with E-state index in [2.05, 4.69) is 16.9 Å². The Hall–Kier alpha value is -1.20. The number of carbonyl (C=O) groups excluding carboxylic acids is 1. The van der Waals surface area contributed by atoms with E-state index < -0.39 is 0 Å². The minimum Gasteiger partial charge on any atom is -0.335 e. The maximum Gasteiger partial charge on any atom is 0.222 e. The minimum absolute atomic E-state index is 0.206. The summed E-state index contributed by atoms with van der Waals surface area (Å²) in [5.74, 6) is 1.50. The van der Waals surface area contributed by atoms with Gasteiger partial charge in [-0.15, -0.1) is 11.3 Å². The Balaban J connectivity index is 1.79. The standard InChI is InChI=1S/C15H18ClN3OS/c1-2-10-3-4-13(20)19(7-5-10)9-12-17-14(16)11-6-8-21-15(11)18-12/h6,8,10H,2-5,7,9H2,1H3. The Labute approximate surface area is 133 Å². The van der Waals surface area contributed by atoms with Crippen molar-refractivity contribution in [2.75, 3.05) is 6.54 Å². The number of aromatic nitrogens is 2. The summed E-state index contributed by atoms with van der Waals surface area (Å²) in [6.07, 6.45) is 3.84. The molecule has 21 heavy (non-hydrogen) atoms. The second-order valence-electron chi connectivity index (χ2n) is 5.49. The van der Waals surface area contributed by atoms with Crippen LogP contribution in [0.4, 0.5) is 0 Å². The van der Waals surface area contributed by atoms with Gasteiger partial charge in [-0.3, -0.25) is 4.79 Å². The van der Waals surface area contributed by atoms with Gasteiger partial charge in [-0.25, -0.2) is 9.97 Å². The number of fused-ring (bicyclic) bond motifs is 1. The van der Waals surface area contributed by atoms with E-state index >= 15 is 0 Å². The maximum absolute atomic E-state index is 12.2. The fourth-order valence-corrected chi connectivity index (χ4v) is 3.86. The highest BCUT2D eigenvalue weighted by molar-refractivity contribution is 7.16. The van der Waals surface area contributed by atoms with Crippen LogP contribution in [0, 0.1) is 5.92 Å². The highest BCUT2D eigenvalue weighted by Crippen LogP contribution is 2.26. The van der Waals surface area contributed by atoms with Crippen molar-refractivity contribution in [1.29, 1.82) is 0 Å². The van der Waals surface area contributed by atoms with E-state index in [1.807, 2.05) is 16.3 Å². The molecule has 0 N–H and O–H groups in total. The van der Waals surface area contributed by atoms with Gasteiger partial charge in [-0.05, 0) is 30.2 Å². The van der Waals surface area contributed by atoms with Crippen molar-refractivity contribution >= 4 is 39.1 Å². The van der Waals surface area contributed by atoms with Crippen molar-refractivity contribution in [1.82, 2.24) is 14.9 Å². The predicted octanol–water partition coefficient (Wildman–Crippen LogP) is 3.88. The van der Waals surface area contributed by atoms with Gasteiger partial charge < -0.3 is 4.90 Å².